The molecule has 0 unspecified atom stereocenters. The average molecular weight is 337 g/mol. The Kier molecular flexibility index (Phi) is 5.08. The van der Waals surface area contributed by atoms with Crippen molar-refractivity contribution < 1.29 is 14.3 Å². The second-order valence-corrected chi connectivity index (χ2v) is 6.11. The van der Waals surface area contributed by atoms with Crippen LogP contribution in [0.1, 0.15) is 37.0 Å². The molecule has 0 heterocycles. The van der Waals surface area contributed by atoms with Crippen molar-refractivity contribution in [3.05, 3.63) is 48.0 Å². The van der Waals surface area contributed by atoms with Gasteiger partial charge in [-0.05, 0) is 70.8 Å². The van der Waals surface area contributed by atoms with Crippen LogP contribution >= 0.6 is 0 Å². The lowest BCUT2D eigenvalue weighted by atomic mass is 9.99. The summed E-state index contributed by atoms with van der Waals surface area (Å²) in [5.74, 6) is 1.07. The maximum Gasteiger partial charge on any atom is 0.249 e. The second kappa shape index (κ2) is 7.43. The highest BCUT2D eigenvalue weighted by Gasteiger charge is 2.11. The Bertz CT molecular complexity index is 918. The van der Waals surface area contributed by atoms with Crippen LogP contribution in [0, 0.1) is 0 Å². The third-order valence-corrected chi connectivity index (χ3v) is 4.07. The van der Waals surface area contributed by atoms with Gasteiger partial charge in [-0.3, -0.25) is 4.79 Å². The maximum atomic E-state index is 11.9. The van der Waals surface area contributed by atoms with Crippen molar-refractivity contribution in [3.63, 3.8) is 0 Å². The first kappa shape index (κ1) is 17.1. The van der Waals surface area contributed by atoms with Gasteiger partial charge >= 0.3 is 0 Å². The molecule has 0 radical (unpaired) electrons. The van der Waals surface area contributed by atoms with E-state index in [0.717, 1.165) is 40.1 Å². The van der Waals surface area contributed by atoms with Gasteiger partial charge < -0.3 is 15.2 Å². The molecule has 130 valence electrons. The van der Waals surface area contributed by atoms with Crippen LogP contribution in [0.3, 0.4) is 0 Å². The summed E-state index contributed by atoms with van der Waals surface area (Å²) in [4.78, 5) is 11.9. The lowest BCUT2D eigenvalue weighted by molar-refractivity contribution is 0.100. The number of nitrogens with two attached hydrogens (primary N) is 1. The van der Waals surface area contributed by atoms with E-state index in [1.165, 1.54) is 0 Å². The summed E-state index contributed by atoms with van der Waals surface area (Å²) < 4.78 is 11.4. The molecule has 3 rings (SSSR count). The lowest BCUT2D eigenvalue weighted by Crippen LogP contribution is -2.12. The maximum absolute atomic E-state index is 11.9. The van der Waals surface area contributed by atoms with E-state index < -0.39 is 5.91 Å². The summed E-state index contributed by atoms with van der Waals surface area (Å²) in [5.41, 5.74) is 6.07. The minimum atomic E-state index is -0.450. The molecule has 0 aromatic heterocycles. The SMILES string of the molecule is CCCOc1ccc2cc3c(C(N)=O)cc(OCCC)cc3cc2c1. The zero-order valence-corrected chi connectivity index (χ0v) is 14.7. The summed E-state index contributed by atoms with van der Waals surface area (Å²) in [7, 11) is 0. The Morgan fingerprint density at radius 1 is 0.840 bits per heavy atom. The van der Waals surface area contributed by atoms with Crippen molar-refractivity contribution in [2.24, 2.45) is 5.73 Å². The molecular weight excluding hydrogens is 314 g/mol. The van der Waals surface area contributed by atoms with Gasteiger partial charge in [0.15, 0.2) is 0 Å². The Balaban J connectivity index is 2.14. The molecule has 0 spiro atoms. The number of carbonyl (C=O) groups excluding carboxylic acids is 1. The molecule has 0 atom stereocenters. The Labute approximate surface area is 147 Å². The number of rotatable bonds is 7. The number of amides is 1. The summed E-state index contributed by atoms with van der Waals surface area (Å²) in [6, 6.07) is 13.7. The number of ether oxygens (including phenoxy) is 2. The van der Waals surface area contributed by atoms with Gasteiger partial charge in [0.05, 0.1) is 18.8 Å². The summed E-state index contributed by atoms with van der Waals surface area (Å²) in [6.45, 7) is 5.42. The molecule has 1 amide bonds. The summed E-state index contributed by atoms with van der Waals surface area (Å²) >= 11 is 0. The molecule has 0 saturated carbocycles. The highest BCUT2D eigenvalue weighted by molar-refractivity contribution is 6.10. The quantitative estimate of drug-likeness (QED) is 0.637. The van der Waals surface area contributed by atoms with Gasteiger partial charge in [0.25, 0.3) is 0 Å². The van der Waals surface area contributed by atoms with Crippen LogP contribution in [0.25, 0.3) is 21.5 Å². The van der Waals surface area contributed by atoms with E-state index >= 15 is 0 Å². The average Bonchev–Trinajstić information content (AvgIpc) is 2.62. The highest BCUT2D eigenvalue weighted by Crippen LogP contribution is 2.31. The van der Waals surface area contributed by atoms with E-state index in [-0.39, 0.29) is 0 Å². The van der Waals surface area contributed by atoms with Gasteiger partial charge in [-0.2, -0.15) is 0 Å². The van der Waals surface area contributed by atoms with Gasteiger partial charge in [-0.1, -0.05) is 19.9 Å². The molecular formula is C21H23NO3. The van der Waals surface area contributed by atoms with Crippen molar-refractivity contribution in [2.45, 2.75) is 26.7 Å². The van der Waals surface area contributed by atoms with E-state index in [1.807, 2.05) is 37.3 Å². The number of fused-ring (bicyclic) bond motifs is 2. The highest BCUT2D eigenvalue weighted by atomic mass is 16.5. The van der Waals surface area contributed by atoms with Crippen LogP contribution in [0.4, 0.5) is 0 Å². The zero-order valence-electron chi connectivity index (χ0n) is 14.7. The van der Waals surface area contributed by atoms with Crippen LogP contribution in [-0.4, -0.2) is 19.1 Å². The second-order valence-electron chi connectivity index (χ2n) is 6.11. The van der Waals surface area contributed by atoms with E-state index in [9.17, 15) is 4.79 Å². The third-order valence-electron chi connectivity index (χ3n) is 4.07. The normalized spacial score (nSPS) is 11.0. The standard InChI is InChI=1S/C21H23NO3/c1-3-7-24-17-6-5-14-12-19-16(9-15(14)10-17)11-18(25-8-4-2)13-20(19)21(22)23/h5-6,9-13H,3-4,7-8H2,1-2H3,(H2,22,23). The van der Waals surface area contributed by atoms with E-state index in [4.69, 9.17) is 15.2 Å². The molecule has 0 bridgehead atoms. The van der Waals surface area contributed by atoms with Gasteiger partial charge in [-0.15, -0.1) is 0 Å². The van der Waals surface area contributed by atoms with E-state index in [1.54, 1.807) is 6.07 Å². The fourth-order valence-corrected chi connectivity index (χ4v) is 2.88. The van der Waals surface area contributed by atoms with E-state index in [2.05, 4.69) is 13.0 Å². The first-order valence-corrected chi connectivity index (χ1v) is 8.69. The minimum Gasteiger partial charge on any atom is -0.494 e. The van der Waals surface area contributed by atoms with Crippen molar-refractivity contribution in [3.8, 4) is 11.5 Å². The van der Waals surface area contributed by atoms with Crippen LogP contribution in [-0.2, 0) is 0 Å². The van der Waals surface area contributed by atoms with Crippen molar-refractivity contribution in [1.82, 2.24) is 0 Å². The zero-order chi connectivity index (χ0) is 17.8. The molecule has 2 N–H and O–H groups in total. The smallest absolute Gasteiger partial charge is 0.249 e. The van der Waals surface area contributed by atoms with Gasteiger partial charge in [0, 0.05) is 0 Å². The Morgan fingerprint density at radius 2 is 1.52 bits per heavy atom. The van der Waals surface area contributed by atoms with Gasteiger partial charge in [-0.25, -0.2) is 0 Å². The van der Waals surface area contributed by atoms with Gasteiger partial charge in [0.1, 0.15) is 11.5 Å². The van der Waals surface area contributed by atoms with Crippen molar-refractivity contribution in [1.29, 1.82) is 0 Å². The van der Waals surface area contributed by atoms with Crippen molar-refractivity contribution in [2.75, 3.05) is 13.2 Å². The van der Waals surface area contributed by atoms with Crippen LogP contribution in [0.15, 0.2) is 42.5 Å². The fourth-order valence-electron chi connectivity index (χ4n) is 2.88. The monoisotopic (exact) mass is 337 g/mol. The number of hydrogen-bond acceptors (Lipinski definition) is 3. The molecule has 4 heteroatoms. The predicted molar refractivity (Wildman–Crippen MR) is 102 cm³/mol. The Morgan fingerprint density at radius 3 is 2.20 bits per heavy atom. The minimum absolute atomic E-state index is 0.450. The molecule has 0 aliphatic rings. The molecule has 3 aromatic carbocycles. The van der Waals surface area contributed by atoms with Crippen molar-refractivity contribution >= 4 is 27.5 Å². The Hall–Kier alpha value is -2.75. The lowest BCUT2D eigenvalue weighted by Gasteiger charge is -2.12. The van der Waals surface area contributed by atoms with Crippen LogP contribution in [0.2, 0.25) is 0 Å². The van der Waals surface area contributed by atoms with Crippen LogP contribution in [0.5, 0.6) is 11.5 Å². The topological polar surface area (TPSA) is 61.5 Å². The largest absolute Gasteiger partial charge is 0.494 e. The van der Waals surface area contributed by atoms with E-state index in [0.29, 0.717) is 24.5 Å². The first-order valence-electron chi connectivity index (χ1n) is 8.69. The first-order chi connectivity index (χ1) is 12.1. The number of hydrogen-bond donors (Lipinski definition) is 1. The van der Waals surface area contributed by atoms with Crippen LogP contribution < -0.4 is 15.2 Å². The van der Waals surface area contributed by atoms with Gasteiger partial charge in [0.2, 0.25) is 5.91 Å². The molecule has 3 aromatic rings. The molecule has 0 saturated heterocycles. The molecule has 0 aliphatic carbocycles. The molecule has 4 nitrogen and oxygen atoms in total. The predicted octanol–water partition coefficient (Wildman–Crippen LogP) is 4.67. The molecule has 25 heavy (non-hydrogen) atoms. The molecule has 0 aliphatic heterocycles. The number of carbonyl (C=O) groups is 1. The summed E-state index contributed by atoms with van der Waals surface area (Å²) in [5, 5.41) is 3.87. The fraction of sp³-hybridized carbons (Fsp3) is 0.286. The number of primary amides is 1. The molecule has 0 fully saturated rings. The summed E-state index contributed by atoms with van der Waals surface area (Å²) in [6.07, 6.45) is 1.87. The number of benzene rings is 3. The third kappa shape index (κ3) is 3.68.